The van der Waals surface area contributed by atoms with Crippen LogP contribution in [0.4, 0.5) is 0 Å². The Labute approximate surface area is 134 Å². The van der Waals surface area contributed by atoms with Crippen LogP contribution in [0.3, 0.4) is 0 Å². The predicted octanol–water partition coefficient (Wildman–Crippen LogP) is 4.99. The van der Waals surface area contributed by atoms with Crippen LogP contribution in [0.5, 0.6) is 5.75 Å². The Bertz CT molecular complexity index is 834. The van der Waals surface area contributed by atoms with Crippen LogP contribution in [0.15, 0.2) is 36.4 Å². The molecule has 22 heavy (non-hydrogen) atoms. The SMILES string of the molecule is CC1(C)CCc2c(Cl)ccc(-c3nc4ccccc4[nH]3)c2O1. The third-order valence-electron chi connectivity index (χ3n) is 4.20. The van der Waals surface area contributed by atoms with E-state index in [0.717, 1.165) is 51.6 Å². The van der Waals surface area contributed by atoms with E-state index >= 15 is 0 Å². The number of aromatic nitrogens is 2. The van der Waals surface area contributed by atoms with Gasteiger partial charge in [-0.25, -0.2) is 4.98 Å². The first kappa shape index (κ1) is 13.6. The molecule has 0 saturated heterocycles. The zero-order chi connectivity index (χ0) is 15.3. The van der Waals surface area contributed by atoms with Gasteiger partial charge in [-0.2, -0.15) is 0 Å². The molecule has 0 aliphatic carbocycles. The van der Waals surface area contributed by atoms with Crippen LogP contribution < -0.4 is 4.74 Å². The third kappa shape index (κ3) is 2.17. The number of fused-ring (bicyclic) bond motifs is 2. The van der Waals surface area contributed by atoms with Crippen molar-refractivity contribution in [1.29, 1.82) is 0 Å². The van der Waals surface area contributed by atoms with E-state index in [0.29, 0.717) is 0 Å². The largest absolute Gasteiger partial charge is 0.487 e. The monoisotopic (exact) mass is 312 g/mol. The smallest absolute Gasteiger partial charge is 0.142 e. The number of nitrogens with zero attached hydrogens (tertiary/aromatic N) is 1. The average molecular weight is 313 g/mol. The van der Waals surface area contributed by atoms with Crippen molar-refractivity contribution in [2.24, 2.45) is 0 Å². The first-order chi connectivity index (χ1) is 10.5. The van der Waals surface area contributed by atoms with E-state index in [1.165, 1.54) is 0 Å². The zero-order valence-electron chi connectivity index (χ0n) is 12.6. The van der Waals surface area contributed by atoms with Gasteiger partial charge in [0.15, 0.2) is 0 Å². The Morgan fingerprint density at radius 2 is 2.00 bits per heavy atom. The molecule has 2 aromatic carbocycles. The fourth-order valence-corrected chi connectivity index (χ4v) is 3.22. The normalized spacial score (nSPS) is 16.3. The number of aromatic amines is 1. The van der Waals surface area contributed by atoms with Crippen molar-refractivity contribution >= 4 is 22.6 Å². The minimum atomic E-state index is -0.182. The van der Waals surface area contributed by atoms with Gasteiger partial charge in [0.2, 0.25) is 0 Å². The summed E-state index contributed by atoms with van der Waals surface area (Å²) in [6.45, 7) is 4.22. The molecule has 3 nitrogen and oxygen atoms in total. The molecule has 3 aromatic rings. The molecule has 1 aromatic heterocycles. The van der Waals surface area contributed by atoms with E-state index in [-0.39, 0.29) is 5.60 Å². The van der Waals surface area contributed by atoms with Crippen LogP contribution in [0.2, 0.25) is 5.02 Å². The molecule has 0 amide bonds. The molecule has 0 unspecified atom stereocenters. The van der Waals surface area contributed by atoms with Gasteiger partial charge < -0.3 is 9.72 Å². The molecule has 0 bridgehead atoms. The van der Waals surface area contributed by atoms with Gasteiger partial charge in [-0.1, -0.05) is 23.7 Å². The Morgan fingerprint density at radius 1 is 1.18 bits per heavy atom. The van der Waals surface area contributed by atoms with Crippen LogP contribution in [0.1, 0.15) is 25.8 Å². The Balaban J connectivity index is 1.92. The van der Waals surface area contributed by atoms with Gasteiger partial charge in [0.05, 0.1) is 16.6 Å². The van der Waals surface area contributed by atoms with E-state index in [4.69, 9.17) is 16.3 Å². The van der Waals surface area contributed by atoms with E-state index < -0.39 is 0 Å². The van der Waals surface area contributed by atoms with E-state index in [1.54, 1.807) is 0 Å². The number of imidazole rings is 1. The second-order valence-electron chi connectivity index (χ2n) is 6.37. The van der Waals surface area contributed by atoms with Gasteiger partial charge in [-0.3, -0.25) is 0 Å². The van der Waals surface area contributed by atoms with Crippen molar-refractivity contribution in [2.75, 3.05) is 0 Å². The van der Waals surface area contributed by atoms with Crippen molar-refractivity contribution < 1.29 is 4.74 Å². The minimum absolute atomic E-state index is 0.182. The Hall–Kier alpha value is -2.00. The zero-order valence-corrected chi connectivity index (χ0v) is 13.4. The molecule has 4 heteroatoms. The lowest BCUT2D eigenvalue weighted by molar-refractivity contribution is 0.0855. The van der Waals surface area contributed by atoms with Crippen LogP contribution in [-0.2, 0) is 6.42 Å². The number of ether oxygens (including phenoxy) is 1. The number of para-hydroxylation sites is 2. The van der Waals surface area contributed by atoms with Crippen LogP contribution in [-0.4, -0.2) is 15.6 Å². The average Bonchev–Trinajstić information content (AvgIpc) is 2.90. The predicted molar refractivity (Wildman–Crippen MR) is 89.6 cm³/mol. The van der Waals surface area contributed by atoms with Crippen molar-refractivity contribution in [3.8, 4) is 17.1 Å². The second-order valence-corrected chi connectivity index (χ2v) is 6.77. The summed E-state index contributed by atoms with van der Waals surface area (Å²) in [5.41, 5.74) is 3.85. The first-order valence-corrected chi connectivity index (χ1v) is 7.87. The fourth-order valence-electron chi connectivity index (χ4n) is 2.97. The molecule has 0 spiro atoms. The molecule has 0 fully saturated rings. The molecule has 4 rings (SSSR count). The number of halogens is 1. The molecular formula is C18H17ClN2O. The number of rotatable bonds is 1. The fraction of sp³-hybridized carbons (Fsp3) is 0.278. The number of H-pyrrole nitrogens is 1. The molecule has 112 valence electrons. The summed E-state index contributed by atoms with van der Waals surface area (Å²) in [7, 11) is 0. The number of nitrogens with one attached hydrogen (secondary N) is 1. The summed E-state index contributed by atoms with van der Waals surface area (Å²) < 4.78 is 6.24. The lowest BCUT2D eigenvalue weighted by atomic mass is 9.92. The van der Waals surface area contributed by atoms with Crippen LogP contribution >= 0.6 is 11.6 Å². The number of benzene rings is 2. The van der Waals surface area contributed by atoms with Crippen molar-refractivity contribution in [3.05, 3.63) is 47.0 Å². The van der Waals surface area contributed by atoms with Crippen molar-refractivity contribution in [3.63, 3.8) is 0 Å². The van der Waals surface area contributed by atoms with Gasteiger partial charge in [-0.15, -0.1) is 0 Å². The van der Waals surface area contributed by atoms with Crippen LogP contribution in [0, 0.1) is 0 Å². The first-order valence-electron chi connectivity index (χ1n) is 7.49. The summed E-state index contributed by atoms with van der Waals surface area (Å²) in [4.78, 5) is 8.06. The summed E-state index contributed by atoms with van der Waals surface area (Å²) in [5.74, 6) is 1.69. The number of hydrogen-bond donors (Lipinski definition) is 1. The molecule has 1 aliphatic rings. The maximum absolute atomic E-state index is 6.36. The lowest BCUT2D eigenvalue weighted by Gasteiger charge is -2.34. The lowest BCUT2D eigenvalue weighted by Crippen LogP contribution is -2.33. The van der Waals surface area contributed by atoms with Gasteiger partial charge >= 0.3 is 0 Å². The number of hydrogen-bond acceptors (Lipinski definition) is 2. The van der Waals surface area contributed by atoms with Crippen molar-refractivity contribution in [1.82, 2.24) is 9.97 Å². The van der Waals surface area contributed by atoms with Crippen molar-refractivity contribution in [2.45, 2.75) is 32.3 Å². The molecule has 0 radical (unpaired) electrons. The molecule has 1 N–H and O–H groups in total. The second kappa shape index (κ2) is 4.75. The highest BCUT2D eigenvalue weighted by molar-refractivity contribution is 6.31. The summed E-state index contributed by atoms with van der Waals surface area (Å²) >= 11 is 6.36. The highest BCUT2D eigenvalue weighted by atomic mass is 35.5. The van der Waals surface area contributed by atoms with E-state index in [2.05, 4.69) is 23.8 Å². The highest BCUT2D eigenvalue weighted by Gasteiger charge is 2.30. The minimum Gasteiger partial charge on any atom is -0.487 e. The summed E-state index contributed by atoms with van der Waals surface area (Å²) in [5, 5.41) is 0.769. The third-order valence-corrected chi connectivity index (χ3v) is 4.56. The van der Waals surface area contributed by atoms with Crippen LogP contribution in [0.25, 0.3) is 22.4 Å². The molecule has 0 saturated carbocycles. The summed E-state index contributed by atoms with van der Waals surface area (Å²) in [6, 6.07) is 11.9. The maximum Gasteiger partial charge on any atom is 0.142 e. The van der Waals surface area contributed by atoms with E-state index in [1.807, 2.05) is 36.4 Å². The Kier molecular flexibility index (Phi) is 2.95. The molecule has 2 heterocycles. The molecule has 0 atom stereocenters. The topological polar surface area (TPSA) is 37.9 Å². The van der Waals surface area contributed by atoms with Gasteiger partial charge in [0.25, 0.3) is 0 Å². The maximum atomic E-state index is 6.36. The summed E-state index contributed by atoms with van der Waals surface area (Å²) in [6.07, 6.45) is 1.89. The van der Waals surface area contributed by atoms with Gasteiger partial charge in [0.1, 0.15) is 17.2 Å². The molecular weight excluding hydrogens is 296 g/mol. The van der Waals surface area contributed by atoms with Gasteiger partial charge in [-0.05, 0) is 51.0 Å². The standard InChI is InChI=1S/C18H17ClN2O/c1-18(2)10-9-11-13(19)8-7-12(16(11)22-18)17-20-14-5-3-4-6-15(14)21-17/h3-8H,9-10H2,1-2H3,(H,20,21). The molecule has 1 aliphatic heterocycles. The Morgan fingerprint density at radius 3 is 2.82 bits per heavy atom. The quantitative estimate of drug-likeness (QED) is 0.687. The van der Waals surface area contributed by atoms with Gasteiger partial charge in [0, 0.05) is 10.6 Å². The highest BCUT2D eigenvalue weighted by Crippen LogP contribution is 2.43. The van der Waals surface area contributed by atoms with E-state index in [9.17, 15) is 0 Å².